The lowest BCUT2D eigenvalue weighted by molar-refractivity contribution is 0.810. The number of pyridine rings is 1. The Balaban J connectivity index is 2.19. The number of hydrogen-bond donors (Lipinski definition) is 2. The van der Waals surface area contributed by atoms with E-state index in [1.807, 2.05) is 30.3 Å². The maximum atomic E-state index is 7.79. The van der Waals surface area contributed by atoms with E-state index in [1.165, 1.54) is 12.8 Å². The molecule has 0 bridgehead atoms. The number of anilines is 1. The first-order chi connectivity index (χ1) is 9.20. The molecule has 0 amide bonds. The summed E-state index contributed by atoms with van der Waals surface area (Å²) in [7, 11) is 0. The summed E-state index contributed by atoms with van der Waals surface area (Å²) in [6.45, 7) is 3.02. The first kappa shape index (κ1) is 12.0. The minimum atomic E-state index is 0.0901. The maximum absolute atomic E-state index is 7.79. The molecule has 1 aliphatic carbocycles. The molecule has 1 aromatic heterocycles. The Morgan fingerprint density at radius 3 is 2.79 bits per heavy atom. The molecule has 98 valence electrons. The van der Waals surface area contributed by atoms with Crippen molar-refractivity contribution in [2.45, 2.75) is 25.8 Å². The van der Waals surface area contributed by atoms with Crippen LogP contribution in [0.25, 0.3) is 10.9 Å². The number of nitrogens with one attached hydrogen (secondary N) is 1. The fourth-order valence-corrected chi connectivity index (χ4v) is 2.49. The fourth-order valence-electron chi connectivity index (χ4n) is 2.49. The predicted molar refractivity (Wildman–Crippen MR) is 78.8 cm³/mol. The van der Waals surface area contributed by atoms with Crippen LogP contribution in [0, 0.1) is 5.41 Å². The van der Waals surface area contributed by atoms with Gasteiger partial charge >= 0.3 is 0 Å². The van der Waals surface area contributed by atoms with Gasteiger partial charge < -0.3 is 10.6 Å². The second-order valence-electron chi connectivity index (χ2n) is 4.98. The number of benzene rings is 1. The summed E-state index contributed by atoms with van der Waals surface area (Å²) in [6, 6.07) is 10.5. The van der Waals surface area contributed by atoms with E-state index in [2.05, 4.69) is 11.8 Å². The molecule has 1 aliphatic rings. The van der Waals surface area contributed by atoms with Crippen molar-refractivity contribution in [1.82, 2.24) is 4.98 Å². The molecule has 19 heavy (non-hydrogen) atoms. The number of amidine groups is 1. The number of nitrogens with zero attached hydrogens (tertiary/aromatic N) is 2. The van der Waals surface area contributed by atoms with E-state index < -0.39 is 0 Å². The van der Waals surface area contributed by atoms with Crippen LogP contribution in [-0.4, -0.2) is 23.4 Å². The summed E-state index contributed by atoms with van der Waals surface area (Å²) in [5.41, 5.74) is 7.44. The van der Waals surface area contributed by atoms with E-state index in [0.29, 0.717) is 6.04 Å². The molecule has 0 saturated heterocycles. The molecule has 1 fully saturated rings. The molecular formula is C15H18N4. The van der Waals surface area contributed by atoms with Crippen molar-refractivity contribution in [3.8, 4) is 0 Å². The van der Waals surface area contributed by atoms with Crippen LogP contribution in [0.1, 0.15) is 25.3 Å². The molecular weight excluding hydrogens is 236 g/mol. The lowest BCUT2D eigenvalue weighted by Crippen LogP contribution is -2.29. The number of rotatable bonds is 4. The van der Waals surface area contributed by atoms with Crippen molar-refractivity contribution in [1.29, 1.82) is 5.41 Å². The van der Waals surface area contributed by atoms with Gasteiger partial charge in [0.25, 0.3) is 0 Å². The third kappa shape index (κ3) is 2.14. The van der Waals surface area contributed by atoms with Gasteiger partial charge in [0.15, 0.2) is 0 Å². The van der Waals surface area contributed by atoms with Crippen LogP contribution < -0.4 is 10.6 Å². The van der Waals surface area contributed by atoms with Crippen LogP contribution in [-0.2, 0) is 0 Å². The summed E-state index contributed by atoms with van der Waals surface area (Å²) >= 11 is 0. The van der Waals surface area contributed by atoms with Gasteiger partial charge in [0.1, 0.15) is 11.7 Å². The van der Waals surface area contributed by atoms with Gasteiger partial charge in [0.2, 0.25) is 0 Å². The van der Waals surface area contributed by atoms with E-state index in [4.69, 9.17) is 16.1 Å². The Morgan fingerprint density at radius 2 is 2.16 bits per heavy atom. The minimum Gasteiger partial charge on any atom is -0.384 e. The number of nitrogens with two attached hydrogens (primary N) is 1. The van der Waals surface area contributed by atoms with Crippen LogP contribution in [0.2, 0.25) is 0 Å². The lowest BCUT2D eigenvalue weighted by Gasteiger charge is -2.24. The standard InChI is InChI=1S/C15H18N4/c1-2-19(11-7-8-11)15-12(14(16)17)9-10-5-3-4-6-13(10)18-15/h3-6,9,11H,2,7-8H2,1H3,(H3,16,17). The van der Waals surface area contributed by atoms with Gasteiger partial charge in [-0.15, -0.1) is 0 Å². The monoisotopic (exact) mass is 254 g/mol. The summed E-state index contributed by atoms with van der Waals surface area (Å²) in [5, 5.41) is 8.82. The zero-order valence-corrected chi connectivity index (χ0v) is 11.1. The van der Waals surface area contributed by atoms with E-state index >= 15 is 0 Å². The zero-order valence-electron chi connectivity index (χ0n) is 11.1. The van der Waals surface area contributed by atoms with Crippen LogP contribution in [0.4, 0.5) is 5.82 Å². The van der Waals surface area contributed by atoms with Gasteiger partial charge in [-0.3, -0.25) is 5.41 Å². The third-order valence-corrected chi connectivity index (χ3v) is 3.59. The molecule has 4 nitrogen and oxygen atoms in total. The second-order valence-corrected chi connectivity index (χ2v) is 4.98. The zero-order chi connectivity index (χ0) is 13.4. The van der Waals surface area contributed by atoms with Crippen molar-refractivity contribution in [3.63, 3.8) is 0 Å². The van der Waals surface area contributed by atoms with Gasteiger partial charge in [-0.25, -0.2) is 4.98 Å². The summed E-state index contributed by atoms with van der Waals surface area (Å²) in [4.78, 5) is 7.00. The number of para-hydroxylation sites is 1. The summed E-state index contributed by atoms with van der Waals surface area (Å²) in [6.07, 6.45) is 2.42. The molecule has 0 unspecified atom stereocenters. The van der Waals surface area contributed by atoms with Crippen molar-refractivity contribution < 1.29 is 0 Å². The van der Waals surface area contributed by atoms with Gasteiger partial charge in [-0.2, -0.15) is 0 Å². The molecule has 1 heterocycles. The lowest BCUT2D eigenvalue weighted by atomic mass is 10.1. The van der Waals surface area contributed by atoms with Crippen LogP contribution in [0.5, 0.6) is 0 Å². The first-order valence-corrected chi connectivity index (χ1v) is 6.71. The van der Waals surface area contributed by atoms with Crippen molar-refractivity contribution in [2.75, 3.05) is 11.4 Å². The van der Waals surface area contributed by atoms with Crippen molar-refractivity contribution >= 4 is 22.6 Å². The molecule has 1 aromatic carbocycles. The molecule has 0 aliphatic heterocycles. The van der Waals surface area contributed by atoms with Gasteiger partial charge in [0, 0.05) is 18.0 Å². The molecule has 3 N–H and O–H groups in total. The quantitative estimate of drug-likeness (QED) is 0.650. The molecule has 4 heteroatoms. The number of nitrogen functional groups attached to an aromatic ring is 1. The number of fused-ring (bicyclic) bond motifs is 1. The van der Waals surface area contributed by atoms with Crippen LogP contribution >= 0.6 is 0 Å². The second kappa shape index (κ2) is 4.53. The largest absolute Gasteiger partial charge is 0.384 e. The highest BCUT2D eigenvalue weighted by Crippen LogP contribution is 2.33. The van der Waals surface area contributed by atoms with Crippen LogP contribution in [0.15, 0.2) is 30.3 Å². The van der Waals surface area contributed by atoms with Gasteiger partial charge in [-0.1, -0.05) is 18.2 Å². The van der Waals surface area contributed by atoms with Gasteiger partial charge in [-0.05, 0) is 31.9 Å². The van der Waals surface area contributed by atoms with E-state index in [1.54, 1.807) is 0 Å². The smallest absolute Gasteiger partial charge is 0.140 e. The minimum absolute atomic E-state index is 0.0901. The van der Waals surface area contributed by atoms with Gasteiger partial charge in [0.05, 0.1) is 11.1 Å². The molecule has 2 aromatic rings. The normalized spacial score (nSPS) is 14.6. The van der Waals surface area contributed by atoms with E-state index in [-0.39, 0.29) is 5.84 Å². The summed E-state index contributed by atoms with van der Waals surface area (Å²) < 4.78 is 0. The van der Waals surface area contributed by atoms with Crippen molar-refractivity contribution in [2.24, 2.45) is 5.73 Å². The molecule has 3 rings (SSSR count). The van der Waals surface area contributed by atoms with Crippen molar-refractivity contribution in [3.05, 3.63) is 35.9 Å². The highest BCUT2D eigenvalue weighted by atomic mass is 15.2. The van der Waals surface area contributed by atoms with E-state index in [9.17, 15) is 0 Å². The Hall–Kier alpha value is -2.10. The molecule has 0 atom stereocenters. The SMILES string of the molecule is CCN(c1nc2ccccc2cc1C(=N)N)C1CC1. The third-order valence-electron chi connectivity index (χ3n) is 3.59. The fraction of sp³-hybridized carbons (Fsp3) is 0.333. The predicted octanol–water partition coefficient (Wildman–Crippen LogP) is 2.51. The summed E-state index contributed by atoms with van der Waals surface area (Å²) in [5.74, 6) is 0.948. The Kier molecular flexibility index (Phi) is 2.85. The highest BCUT2D eigenvalue weighted by molar-refractivity contribution is 6.03. The average Bonchev–Trinajstić information content (AvgIpc) is 3.23. The molecule has 0 radical (unpaired) electrons. The number of aromatic nitrogens is 1. The first-order valence-electron chi connectivity index (χ1n) is 6.71. The van der Waals surface area contributed by atoms with E-state index in [0.717, 1.165) is 28.8 Å². The topological polar surface area (TPSA) is 66.0 Å². The average molecular weight is 254 g/mol. The van der Waals surface area contributed by atoms with Crippen LogP contribution in [0.3, 0.4) is 0 Å². The Bertz CT molecular complexity index is 631. The Morgan fingerprint density at radius 1 is 1.42 bits per heavy atom. The highest BCUT2D eigenvalue weighted by Gasteiger charge is 2.30. The molecule has 1 saturated carbocycles. The Labute approximate surface area is 112 Å². The molecule has 0 spiro atoms. The number of hydrogen-bond acceptors (Lipinski definition) is 3. The maximum Gasteiger partial charge on any atom is 0.140 e.